The molecule has 4 nitrogen and oxygen atoms in total. The number of ketones is 1. The van der Waals surface area contributed by atoms with Crippen molar-refractivity contribution in [3.8, 4) is 11.3 Å². The van der Waals surface area contributed by atoms with Crippen LogP contribution in [-0.4, -0.2) is 15.2 Å². The van der Waals surface area contributed by atoms with Gasteiger partial charge in [0.2, 0.25) is 0 Å². The summed E-state index contributed by atoms with van der Waals surface area (Å²) in [6.07, 6.45) is 5.19. The highest BCUT2D eigenvalue weighted by molar-refractivity contribution is 14.1. The van der Waals surface area contributed by atoms with Crippen LogP contribution in [0.2, 0.25) is 0 Å². The Kier molecular flexibility index (Phi) is 3.98. The normalized spacial score (nSPS) is 11.8. The number of nitrogens with zero attached hydrogens (tertiary/aromatic N) is 2. The Morgan fingerprint density at radius 1 is 1.32 bits per heavy atom. The number of carbonyl (C=O) groups excluding carboxylic acids is 1. The van der Waals surface area contributed by atoms with Gasteiger partial charge in [0.1, 0.15) is 5.65 Å². The van der Waals surface area contributed by atoms with Gasteiger partial charge in [0.05, 0.1) is 11.9 Å². The summed E-state index contributed by atoms with van der Waals surface area (Å²) in [5.74, 6) is -0.0692. The average Bonchev–Trinajstić information content (AvgIpc) is 2.89. The Morgan fingerprint density at radius 2 is 2.14 bits per heavy atom. The number of imidazole rings is 1. The SMILES string of the molecule is CC(=O)C=C(N)c1ccn2c(-c3cccc(I)c3)cnc2c1. The molecule has 0 saturated carbocycles. The van der Waals surface area contributed by atoms with E-state index in [1.165, 1.54) is 16.6 Å². The number of fused-ring (bicyclic) bond motifs is 1. The third-order valence-electron chi connectivity index (χ3n) is 3.33. The maximum atomic E-state index is 11.1. The zero-order valence-corrected chi connectivity index (χ0v) is 14.1. The topological polar surface area (TPSA) is 60.4 Å². The molecule has 0 atom stereocenters. The fourth-order valence-corrected chi connectivity index (χ4v) is 2.87. The van der Waals surface area contributed by atoms with E-state index in [4.69, 9.17) is 5.73 Å². The highest BCUT2D eigenvalue weighted by Gasteiger charge is 2.08. The molecule has 22 heavy (non-hydrogen) atoms. The van der Waals surface area contributed by atoms with Gasteiger partial charge in [-0.05, 0) is 53.8 Å². The second-order valence-electron chi connectivity index (χ2n) is 5.01. The number of hydrogen-bond acceptors (Lipinski definition) is 3. The minimum absolute atomic E-state index is 0.0692. The van der Waals surface area contributed by atoms with Gasteiger partial charge in [-0.2, -0.15) is 0 Å². The summed E-state index contributed by atoms with van der Waals surface area (Å²) in [5, 5.41) is 0. The van der Waals surface area contributed by atoms with Gasteiger partial charge in [-0.3, -0.25) is 9.20 Å². The molecule has 2 heterocycles. The van der Waals surface area contributed by atoms with E-state index in [0.717, 1.165) is 22.5 Å². The van der Waals surface area contributed by atoms with Crippen LogP contribution in [0.1, 0.15) is 12.5 Å². The van der Waals surface area contributed by atoms with Crippen LogP contribution < -0.4 is 5.73 Å². The number of pyridine rings is 1. The largest absolute Gasteiger partial charge is 0.398 e. The number of hydrogen-bond donors (Lipinski definition) is 1. The highest BCUT2D eigenvalue weighted by atomic mass is 127. The predicted octanol–water partition coefficient (Wildman–Crippen LogP) is 3.49. The molecule has 1 aromatic carbocycles. The molecule has 2 N–H and O–H groups in total. The predicted molar refractivity (Wildman–Crippen MR) is 96.2 cm³/mol. The van der Waals surface area contributed by atoms with E-state index in [1.807, 2.05) is 35.0 Å². The molecule has 0 radical (unpaired) electrons. The number of aromatic nitrogens is 2. The van der Waals surface area contributed by atoms with E-state index in [-0.39, 0.29) is 5.78 Å². The van der Waals surface area contributed by atoms with Crippen LogP contribution in [-0.2, 0) is 4.79 Å². The fraction of sp³-hybridized carbons (Fsp3) is 0.0588. The van der Waals surface area contributed by atoms with E-state index >= 15 is 0 Å². The summed E-state index contributed by atoms with van der Waals surface area (Å²) in [7, 11) is 0. The zero-order chi connectivity index (χ0) is 15.7. The smallest absolute Gasteiger partial charge is 0.154 e. The minimum Gasteiger partial charge on any atom is -0.398 e. The number of halogens is 1. The van der Waals surface area contributed by atoms with Crippen LogP contribution in [0.25, 0.3) is 22.6 Å². The second-order valence-corrected chi connectivity index (χ2v) is 6.25. The van der Waals surface area contributed by atoms with Gasteiger partial charge in [0, 0.05) is 32.7 Å². The monoisotopic (exact) mass is 403 g/mol. The molecule has 3 aromatic rings. The van der Waals surface area contributed by atoms with Crippen molar-refractivity contribution in [2.45, 2.75) is 6.92 Å². The average molecular weight is 403 g/mol. The fourth-order valence-electron chi connectivity index (χ4n) is 2.32. The number of allylic oxidation sites excluding steroid dienone is 1. The summed E-state index contributed by atoms with van der Waals surface area (Å²) in [6, 6.07) is 12.0. The number of nitrogens with two attached hydrogens (primary N) is 1. The molecule has 0 aliphatic carbocycles. The van der Waals surface area contributed by atoms with Gasteiger partial charge in [-0.1, -0.05) is 12.1 Å². The number of rotatable bonds is 3. The molecule has 5 heteroatoms. The van der Waals surface area contributed by atoms with Gasteiger partial charge in [-0.15, -0.1) is 0 Å². The van der Waals surface area contributed by atoms with E-state index in [9.17, 15) is 4.79 Å². The third kappa shape index (κ3) is 2.89. The van der Waals surface area contributed by atoms with Crippen LogP contribution in [0.15, 0.2) is 54.9 Å². The molecule has 2 aromatic heterocycles. The first-order valence-corrected chi connectivity index (χ1v) is 7.83. The van der Waals surface area contributed by atoms with Crippen molar-refractivity contribution in [1.82, 2.24) is 9.38 Å². The summed E-state index contributed by atoms with van der Waals surface area (Å²) >= 11 is 2.29. The lowest BCUT2D eigenvalue weighted by Crippen LogP contribution is -2.00. The van der Waals surface area contributed by atoms with E-state index in [2.05, 4.69) is 45.8 Å². The Balaban J connectivity index is 2.09. The van der Waals surface area contributed by atoms with Crippen molar-refractivity contribution in [3.63, 3.8) is 0 Å². The minimum atomic E-state index is -0.0692. The van der Waals surface area contributed by atoms with Crippen molar-refractivity contribution in [2.24, 2.45) is 5.73 Å². The van der Waals surface area contributed by atoms with Crippen molar-refractivity contribution in [3.05, 3.63) is 64.0 Å². The maximum absolute atomic E-state index is 11.1. The molecule has 0 aliphatic heterocycles. The first kappa shape index (κ1) is 14.8. The number of carbonyl (C=O) groups is 1. The molecule has 0 bridgehead atoms. The van der Waals surface area contributed by atoms with Crippen molar-refractivity contribution in [2.75, 3.05) is 0 Å². The van der Waals surface area contributed by atoms with Gasteiger partial charge >= 0.3 is 0 Å². The first-order chi connectivity index (χ1) is 10.5. The molecule has 0 saturated heterocycles. The van der Waals surface area contributed by atoms with Crippen molar-refractivity contribution >= 4 is 39.7 Å². The lowest BCUT2D eigenvalue weighted by atomic mass is 10.1. The summed E-state index contributed by atoms with van der Waals surface area (Å²) < 4.78 is 3.19. The van der Waals surface area contributed by atoms with Gasteiger partial charge in [-0.25, -0.2) is 4.98 Å². The molecule has 110 valence electrons. The van der Waals surface area contributed by atoms with Gasteiger partial charge < -0.3 is 5.73 Å². The molecule has 0 amide bonds. The summed E-state index contributed by atoms with van der Waals surface area (Å²) in [6.45, 7) is 1.48. The molecule has 0 fully saturated rings. The molecular weight excluding hydrogens is 389 g/mol. The van der Waals surface area contributed by atoms with E-state index in [1.54, 1.807) is 0 Å². The Hall–Kier alpha value is -2.15. The molecule has 0 aliphatic rings. The highest BCUT2D eigenvalue weighted by Crippen LogP contribution is 2.23. The van der Waals surface area contributed by atoms with Crippen LogP contribution in [0.4, 0.5) is 0 Å². The third-order valence-corrected chi connectivity index (χ3v) is 4.00. The van der Waals surface area contributed by atoms with Gasteiger partial charge in [0.25, 0.3) is 0 Å². The Morgan fingerprint density at radius 3 is 2.86 bits per heavy atom. The van der Waals surface area contributed by atoms with E-state index in [0.29, 0.717) is 5.70 Å². The Labute approximate surface area is 141 Å². The lowest BCUT2D eigenvalue weighted by Gasteiger charge is -2.05. The summed E-state index contributed by atoms with van der Waals surface area (Å²) in [4.78, 5) is 15.6. The standard InChI is InChI=1S/C17H14IN3O/c1-11(22)7-15(19)12-5-6-21-16(10-20-17(21)9-12)13-3-2-4-14(18)8-13/h2-10H,19H2,1H3. The van der Waals surface area contributed by atoms with Crippen molar-refractivity contribution < 1.29 is 4.79 Å². The lowest BCUT2D eigenvalue weighted by molar-refractivity contribution is -0.112. The van der Waals surface area contributed by atoms with Crippen LogP contribution in [0, 0.1) is 3.57 Å². The van der Waals surface area contributed by atoms with Crippen LogP contribution in [0.5, 0.6) is 0 Å². The Bertz CT molecular complexity index is 896. The molecule has 0 spiro atoms. The van der Waals surface area contributed by atoms with E-state index < -0.39 is 0 Å². The first-order valence-electron chi connectivity index (χ1n) is 6.76. The van der Waals surface area contributed by atoms with Gasteiger partial charge in [0.15, 0.2) is 5.78 Å². The van der Waals surface area contributed by atoms with Crippen molar-refractivity contribution in [1.29, 1.82) is 0 Å². The van der Waals surface area contributed by atoms with Crippen LogP contribution >= 0.6 is 22.6 Å². The maximum Gasteiger partial charge on any atom is 0.154 e. The summed E-state index contributed by atoms with van der Waals surface area (Å²) in [5.41, 5.74) is 10.1. The molecule has 0 unspecified atom stereocenters. The molecular formula is C17H14IN3O. The molecule has 3 rings (SSSR count). The zero-order valence-electron chi connectivity index (χ0n) is 12.0. The number of benzene rings is 1. The second kappa shape index (κ2) is 5.92. The van der Waals surface area contributed by atoms with Crippen LogP contribution in [0.3, 0.4) is 0 Å². The quantitative estimate of drug-likeness (QED) is 0.538.